The molecule has 6 nitrogen and oxygen atoms in total. The third-order valence-electron chi connectivity index (χ3n) is 3.67. The van der Waals surface area contributed by atoms with Gasteiger partial charge in [0.05, 0.1) is 6.61 Å². The Morgan fingerprint density at radius 2 is 1.81 bits per heavy atom. The van der Waals surface area contributed by atoms with E-state index in [1.54, 1.807) is 30.7 Å². The fraction of sp³-hybridized carbons (Fsp3) is 0.150. The molecule has 0 atom stereocenters. The fourth-order valence-corrected chi connectivity index (χ4v) is 2.37. The minimum atomic E-state index is -0.191. The molecule has 0 aliphatic heterocycles. The molecule has 1 amide bonds. The number of carbonyl (C=O) groups excluding carboxylic acids is 1. The number of nitrogens with one attached hydrogen (secondary N) is 2. The smallest absolute Gasteiger partial charge is 0.255 e. The molecule has 0 aliphatic rings. The maximum Gasteiger partial charge on any atom is 0.255 e. The third kappa shape index (κ3) is 4.80. The van der Waals surface area contributed by atoms with Crippen molar-refractivity contribution < 1.29 is 9.53 Å². The second-order valence-corrected chi connectivity index (χ2v) is 5.55. The highest BCUT2D eigenvalue weighted by molar-refractivity contribution is 6.04. The summed E-state index contributed by atoms with van der Waals surface area (Å²) in [6, 6.07) is 14.5. The number of benzene rings is 1. The monoisotopic (exact) mass is 348 g/mol. The quantitative estimate of drug-likeness (QED) is 0.680. The molecule has 132 valence electrons. The van der Waals surface area contributed by atoms with Crippen molar-refractivity contribution in [2.45, 2.75) is 13.5 Å². The van der Waals surface area contributed by atoms with E-state index in [9.17, 15) is 4.79 Å². The van der Waals surface area contributed by atoms with E-state index in [1.807, 2.05) is 43.3 Å². The van der Waals surface area contributed by atoms with E-state index in [1.165, 1.54) is 0 Å². The van der Waals surface area contributed by atoms with E-state index in [0.29, 0.717) is 30.2 Å². The average Bonchev–Trinajstić information content (AvgIpc) is 2.69. The van der Waals surface area contributed by atoms with Gasteiger partial charge in [0.1, 0.15) is 11.6 Å². The van der Waals surface area contributed by atoms with Crippen LogP contribution in [0.1, 0.15) is 22.8 Å². The van der Waals surface area contributed by atoms with Crippen LogP contribution >= 0.6 is 0 Å². The van der Waals surface area contributed by atoms with Gasteiger partial charge in [-0.3, -0.25) is 9.78 Å². The van der Waals surface area contributed by atoms with Crippen LogP contribution in [0.25, 0.3) is 0 Å². The van der Waals surface area contributed by atoms with Gasteiger partial charge in [0.2, 0.25) is 0 Å². The Kier molecular flexibility index (Phi) is 5.77. The zero-order valence-corrected chi connectivity index (χ0v) is 14.5. The summed E-state index contributed by atoms with van der Waals surface area (Å²) in [6.45, 7) is 3.15. The summed E-state index contributed by atoms with van der Waals surface area (Å²) in [5.41, 5.74) is 2.33. The molecule has 2 heterocycles. The van der Waals surface area contributed by atoms with E-state index in [0.717, 1.165) is 11.3 Å². The van der Waals surface area contributed by atoms with Gasteiger partial charge in [-0.1, -0.05) is 0 Å². The van der Waals surface area contributed by atoms with Crippen molar-refractivity contribution in [1.82, 2.24) is 9.97 Å². The highest BCUT2D eigenvalue weighted by atomic mass is 16.5. The lowest BCUT2D eigenvalue weighted by Crippen LogP contribution is -2.12. The standard InChI is InChI=1S/C20H20N4O2/c1-2-26-18-5-3-17(4-6-18)24-20(25)16-9-12-22-19(13-16)23-14-15-7-10-21-11-8-15/h3-13H,2,14H2,1H3,(H,22,23)(H,24,25). The second-order valence-electron chi connectivity index (χ2n) is 5.55. The van der Waals surface area contributed by atoms with E-state index in [2.05, 4.69) is 20.6 Å². The van der Waals surface area contributed by atoms with Gasteiger partial charge < -0.3 is 15.4 Å². The number of rotatable bonds is 7. The minimum Gasteiger partial charge on any atom is -0.494 e. The van der Waals surface area contributed by atoms with Gasteiger partial charge in [0, 0.05) is 36.4 Å². The number of hydrogen-bond donors (Lipinski definition) is 2. The Bertz CT molecular complexity index is 851. The first-order valence-corrected chi connectivity index (χ1v) is 8.37. The molecule has 2 aromatic heterocycles. The molecule has 0 aliphatic carbocycles. The summed E-state index contributed by atoms with van der Waals surface area (Å²) >= 11 is 0. The van der Waals surface area contributed by atoms with E-state index in [4.69, 9.17) is 4.74 Å². The number of anilines is 2. The first-order chi connectivity index (χ1) is 12.7. The minimum absolute atomic E-state index is 0.191. The Labute approximate surface area is 152 Å². The van der Waals surface area contributed by atoms with Gasteiger partial charge in [-0.25, -0.2) is 4.98 Å². The van der Waals surface area contributed by atoms with Crippen LogP contribution in [0.4, 0.5) is 11.5 Å². The molecule has 3 rings (SSSR count). The summed E-state index contributed by atoms with van der Waals surface area (Å²) in [5, 5.41) is 6.08. The summed E-state index contributed by atoms with van der Waals surface area (Å²) in [6.07, 6.45) is 5.10. The largest absolute Gasteiger partial charge is 0.494 e. The normalized spacial score (nSPS) is 10.2. The van der Waals surface area contributed by atoms with Gasteiger partial charge in [0.25, 0.3) is 5.91 Å². The van der Waals surface area contributed by atoms with E-state index in [-0.39, 0.29) is 5.91 Å². The maximum atomic E-state index is 12.4. The highest BCUT2D eigenvalue weighted by Gasteiger charge is 2.08. The van der Waals surface area contributed by atoms with Crippen LogP contribution in [0.15, 0.2) is 67.1 Å². The molecule has 2 N–H and O–H groups in total. The zero-order chi connectivity index (χ0) is 18.2. The summed E-state index contributed by atoms with van der Waals surface area (Å²) < 4.78 is 5.40. The predicted molar refractivity (Wildman–Crippen MR) is 101 cm³/mol. The van der Waals surface area contributed by atoms with Crippen molar-refractivity contribution in [2.75, 3.05) is 17.2 Å². The molecule has 0 saturated heterocycles. The SMILES string of the molecule is CCOc1ccc(NC(=O)c2ccnc(NCc3ccncc3)c2)cc1. The lowest BCUT2D eigenvalue weighted by molar-refractivity contribution is 0.102. The predicted octanol–water partition coefficient (Wildman–Crippen LogP) is 3.74. The van der Waals surface area contributed by atoms with Crippen LogP contribution in [0, 0.1) is 0 Å². The molecule has 1 aromatic carbocycles. The van der Waals surface area contributed by atoms with Crippen molar-refractivity contribution in [1.29, 1.82) is 0 Å². The lowest BCUT2D eigenvalue weighted by Gasteiger charge is -2.09. The van der Waals surface area contributed by atoms with Crippen LogP contribution < -0.4 is 15.4 Å². The van der Waals surface area contributed by atoms with Crippen LogP contribution in [-0.4, -0.2) is 22.5 Å². The first kappa shape index (κ1) is 17.4. The van der Waals surface area contributed by atoms with Crippen LogP contribution in [0.2, 0.25) is 0 Å². The van der Waals surface area contributed by atoms with Crippen LogP contribution in [0.5, 0.6) is 5.75 Å². The van der Waals surface area contributed by atoms with Crippen molar-refractivity contribution in [3.63, 3.8) is 0 Å². The maximum absolute atomic E-state index is 12.4. The van der Waals surface area contributed by atoms with Gasteiger partial charge in [-0.05, 0) is 61.0 Å². The van der Waals surface area contributed by atoms with Gasteiger partial charge >= 0.3 is 0 Å². The molecule has 0 bridgehead atoms. The van der Waals surface area contributed by atoms with Crippen molar-refractivity contribution >= 4 is 17.4 Å². The Hall–Kier alpha value is -3.41. The Balaban J connectivity index is 1.62. The molecule has 0 saturated carbocycles. The molecular formula is C20H20N4O2. The summed E-state index contributed by atoms with van der Waals surface area (Å²) in [4.78, 5) is 20.7. The Morgan fingerprint density at radius 1 is 1.04 bits per heavy atom. The van der Waals surface area contributed by atoms with Crippen molar-refractivity contribution in [2.24, 2.45) is 0 Å². The molecule has 0 radical (unpaired) electrons. The van der Waals surface area contributed by atoms with Gasteiger partial charge in [-0.15, -0.1) is 0 Å². The molecular weight excluding hydrogens is 328 g/mol. The number of hydrogen-bond acceptors (Lipinski definition) is 5. The highest BCUT2D eigenvalue weighted by Crippen LogP contribution is 2.17. The second kappa shape index (κ2) is 8.62. The van der Waals surface area contributed by atoms with Crippen molar-refractivity contribution in [3.8, 4) is 5.75 Å². The first-order valence-electron chi connectivity index (χ1n) is 8.37. The Morgan fingerprint density at radius 3 is 2.54 bits per heavy atom. The molecule has 0 fully saturated rings. The number of aromatic nitrogens is 2. The molecule has 0 unspecified atom stereocenters. The fourth-order valence-electron chi connectivity index (χ4n) is 2.37. The number of carbonyl (C=O) groups is 1. The summed E-state index contributed by atoms with van der Waals surface area (Å²) in [5.74, 6) is 1.22. The van der Waals surface area contributed by atoms with E-state index < -0.39 is 0 Å². The number of nitrogens with zero attached hydrogens (tertiary/aromatic N) is 2. The third-order valence-corrected chi connectivity index (χ3v) is 3.67. The summed E-state index contributed by atoms with van der Waals surface area (Å²) in [7, 11) is 0. The molecule has 3 aromatic rings. The number of ether oxygens (including phenoxy) is 1. The van der Waals surface area contributed by atoms with Gasteiger partial charge in [-0.2, -0.15) is 0 Å². The zero-order valence-electron chi connectivity index (χ0n) is 14.5. The van der Waals surface area contributed by atoms with E-state index >= 15 is 0 Å². The number of amides is 1. The number of pyridine rings is 2. The molecule has 0 spiro atoms. The van der Waals surface area contributed by atoms with Gasteiger partial charge in [0.15, 0.2) is 0 Å². The molecule has 26 heavy (non-hydrogen) atoms. The van der Waals surface area contributed by atoms with Crippen LogP contribution in [-0.2, 0) is 6.54 Å². The average molecular weight is 348 g/mol. The topological polar surface area (TPSA) is 76.1 Å². The lowest BCUT2D eigenvalue weighted by atomic mass is 10.2. The van der Waals surface area contributed by atoms with Crippen molar-refractivity contribution in [3.05, 3.63) is 78.2 Å². The molecule has 6 heteroatoms. The van der Waals surface area contributed by atoms with Crippen LogP contribution in [0.3, 0.4) is 0 Å².